The van der Waals surface area contributed by atoms with Crippen molar-refractivity contribution in [3.8, 4) is 22.5 Å². The molecule has 0 spiro atoms. The molecule has 0 amide bonds. The van der Waals surface area contributed by atoms with E-state index in [1.54, 1.807) is 0 Å². The molecular weight excluding hydrogens is 270 g/mol. The van der Waals surface area contributed by atoms with Gasteiger partial charge in [0, 0.05) is 23.3 Å². The number of fused-ring (bicyclic) bond motifs is 1. The predicted octanol–water partition coefficient (Wildman–Crippen LogP) is 4.39. The number of hydrogen-bond acceptors (Lipinski definition) is 2. The van der Waals surface area contributed by atoms with Crippen LogP contribution in [0.3, 0.4) is 0 Å². The molecule has 22 heavy (non-hydrogen) atoms. The molecule has 0 fully saturated rings. The summed E-state index contributed by atoms with van der Waals surface area (Å²) >= 11 is 0. The normalized spacial score (nSPS) is 13.6. The number of imidazole rings is 1. The van der Waals surface area contributed by atoms with Crippen molar-refractivity contribution >= 4 is 5.71 Å². The van der Waals surface area contributed by atoms with Crippen LogP contribution in [-0.2, 0) is 6.42 Å². The summed E-state index contributed by atoms with van der Waals surface area (Å²) in [6, 6.07) is 20.7. The molecule has 0 N–H and O–H groups in total. The molecule has 0 saturated heterocycles. The zero-order valence-corrected chi connectivity index (χ0v) is 12.5. The molecule has 3 nitrogen and oxygen atoms in total. The van der Waals surface area contributed by atoms with E-state index in [0.29, 0.717) is 0 Å². The van der Waals surface area contributed by atoms with Gasteiger partial charge in [0.2, 0.25) is 0 Å². The predicted molar refractivity (Wildman–Crippen MR) is 89.9 cm³/mol. The molecule has 1 aliphatic rings. The standard InChI is InChI=1S/C19H17N3/c1-14-12-13-17-20-18(15-8-4-2-5-9-15)19(22(17)21-14)16-10-6-3-7-11-16/h2-11H,12-13H2,1H3. The molecular formula is C19H17N3. The van der Waals surface area contributed by atoms with Crippen LogP contribution in [0.4, 0.5) is 0 Å². The van der Waals surface area contributed by atoms with Gasteiger partial charge in [-0.2, -0.15) is 5.10 Å². The highest BCUT2D eigenvalue weighted by Gasteiger charge is 2.22. The van der Waals surface area contributed by atoms with E-state index >= 15 is 0 Å². The minimum absolute atomic E-state index is 0.946. The molecule has 0 radical (unpaired) electrons. The first-order chi connectivity index (χ1) is 10.8. The monoisotopic (exact) mass is 287 g/mol. The molecule has 4 rings (SSSR count). The minimum atomic E-state index is 0.946. The number of rotatable bonds is 2. The summed E-state index contributed by atoms with van der Waals surface area (Å²) in [6.07, 6.45) is 1.93. The smallest absolute Gasteiger partial charge is 0.131 e. The van der Waals surface area contributed by atoms with Crippen LogP contribution < -0.4 is 0 Å². The third kappa shape index (κ3) is 2.15. The lowest BCUT2D eigenvalue weighted by molar-refractivity contribution is 0.734. The molecule has 1 aliphatic heterocycles. The Hall–Kier alpha value is -2.68. The first kappa shape index (κ1) is 13.0. The van der Waals surface area contributed by atoms with Crippen molar-refractivity contribution in [3.63, 3.8) is 0 Å². The zero-order valence-electron chi connectivity index (χ0n) is 12.5. The summed E-state index contributed by atoms with van der Waals surface area (Å²) in [7, 11) is 0. The Labute approximate surface area is 130 Å². The van der Waals surface area contributed by atoms with E-state index in [1.165, 1.54) is 0 Å². The van der Waals surface area contributed by atoms with E-state index in [4.69, 9.17) is 10.1 Å². The Morgan fingerprint density at radius 2 is 1.45 bits per heavy atom. The summed E-state index contributed by atoms with van der Waals surface area (Å²) in [6.45, 7) is 2.08. The van der Waals surface area contributed by atoms with Gasteiger partial charge in [-0.15, -0.1) is 0 Å². The van der Waals surface area contributed by atoms with Crippen LogP contribution in [0.1, 0.15) is 19.2 Å². The minimum Gasteiger partial charge on any atom is -0.231 e. The summed E-state index contributed by atoms with van der Waals surface area (Å²) in [5.41, 5.74) is 5.54. The SMILES string of the molecule is CC1=Nn2c(nc(-c3ccccc3)c2-c2ccccc2)CC1. The summed E-state index contributed by atoms with van der Waals surface area (Å²) in [4.78, 5) is 4.89. The molecule has 0 saturated carbocycles. The molecule has 2 heterocycles. The number of benzene rings is 2. The van der Waals surface area contributed by atoms with Gasteiger partial charge in [-0.1, -0.05) is 60.7 Å². The average molecular weight is 287 g/mol. The average Bonchev–Trinajstić information content (AvgIpc) is 2.95. The van der Waals surface area contributed by atoms with Gasteiger partial charge in [-0.05, 0) is 13.3 Å². The van der Waals surface area contributed by atoms with Crippen LogP contribution in [0.15, 0.2) is 65.8 Å². The van der Waals surface area contributed by atoms with E-state index in [0.717, 1.165) is 46.9 Å². The Morgan fingerprint density at radius 1 is 0.818 bits per heavy atom. The van der Waals surface area contributed by atoms with Crippen LogP contribution in [0, 0.1) is 0 Å². The molecule has 3 aromatic rings. The number of hydrogen-bond donors (Lipinski definition) is 0. The molecule has 0 bridgehead atoms. The van der Waals surface area contributed by atoms with Crippen molar-refractivity contribution in [3.05, 3.63) is 66.5 Å². The van der Waals surface area contributed by atoms with E-state index in [9.17, 15) is 0 Å². The van der Waals surface area contributed by atoms with E-state index in [1.807, 2.05) is 16.8 Å². The Kier molecular flexibility index (Phi) is 3.11. The lowest BCUT2D eigenvalue weighted by Gasteiger charge is -2.13. The van der Waals surface area contributed by atoms with Crippen molar-refractivity contribution in [1.29, 1.82) is 0 Å². The number of aromatic nitrogens is 2. The van der Waals surface area contributed by atoms with Gasteiger partial charge in [0.05, 0.1) is 5.69 Å². The molecule has 1 aromatic heterocycles. The number of nitrogens with zero attached hydrogens (tertiary/aromatic N) is 3. The maximum atomic E-state index is 4.89. The number of aryl methyl sites for hydroxylation is 1. The second-order valence-electron chi connectivity index (χ2n) is 5.60. The Morgan fingerprint density at radius 3 is 2.14 bits per heavy atom. The fraction of sp³-hybridized carbons (Fsp3) is 0.158. The lowest BCUT2D eigenvalue weighted by Crippen LogP contribution is -2.11. The zero-order chi connectivity index (χ0) is 14.9. The largest absolute Gasteiger partial charge is 0.231 e. The molecule has 0 unspecified atom stereocenters. The third-order valence-electron chi connectivity index (χ3n) is 4.00. The van der Waals surface area contributed by atoms with Crippen LogP contribution >= 0.6 is 0 Å². The summed E-state index contributed by atoms with van der Waals surface area (Å²) in [5.74, 6) is 1.04. The molecule has 0 atom stereocenters. The second-order valence-corrected chi connectivity index (χ2v) is 5.60. The Bertz CT molecular complexity index is 830. The summed E-state index contributed by atoms with van der Waals surface area (Å²) in [5, 5.41) is 4.74. The maximum absolute atomic E-state index is 4.89. The van der Waals surface area contributed by atoms with Crippen LogP contribution in [0.5, 0.6) is 0 Å². The van der Waals surface area contributed by atoms with Crippen molar-refractivity contribution in [1.82, 2.24) is 9.66 Å². The quantitative estimate of drug-likeness (QED) is 0.687. The van der Waals surface area contributed by atoms with Gasteiger partial charge in [0.15, 0.2) is 0 Å². The molecule has 3 heteroatoms. The molecule has 108 valence electrons. The maximum Gasteiger partial charge on any atom is 0.131 e. The van der Waals surface area contributed by atoms with Gasteiger partial charge < -0.3 is 0 Å². The summed E-state index contributed by atoms with van der Waals surface area (Å²) < 4.78 is 2.02. The first-order valence-electron chi connectivity index (χ1n) is 7.60. The van der Waals surface area contributed by atoms with Gasteiger partial charge >= 0.3 is 0 Å². The topological polar surface area (TPSA) is 30.2 Å². The van der Waals surface area contributed by atoms with Crippen molar-refractivity contribution in [2.75, 3.05) is 0 Å². The highest BCUT2D eigenvalue weighted by Crippen LogP contribution is 2.34. The molecule has 0 aliphatic carbocycles. The van der Waals surface area contributed by atoms with Gasteiger partial charge in [-0.25, -0.2) is 9.66 Å². The van der Waals surface area contributed by atoms with Gasteiger partial charge in [-0.3, -0.25) is 0 Å². The Balaban J connectivity index is 2.00. The van der Waals surface area contributed by atoms with Gasteiger partial charge in [0.25, 0.3) is 0 Å². The van der Waals surface area contributed by atoms with Crippen LogP contribution in [0.2, 0.25) is 0 Å². The van der Waals surface area contributed by atoms with E-state index in [2.05, 4.69) is 55.5 Å². The van der Waals surface area contributed by atoms with Crippen LogP contribution in [-0.4, -0.2) is 15.4 Å². The highest BCUT2D eigenvalue weighted by molar-refractivity contribution is 5.85. The van der Waals surface area contributed by atoms with E-state index in [-0.39, 0.29) is 0 Å². The fourth-order valence-electron chi connectivity index (χ4n) is 2.89. The third-order valence-corrected chi connectivity index (χ3v) is 4.00. The first-order valence-corrected chi connectivity index (χ1v) is 7.60. The second kappa shape index (κ2) is 5.26. The van der Waals surface area contributed by atoms with Gasteiger partial charge in [0.1, 0.15) is 11.5 Å². The van der Waals surface area contributed by atoms with E-state index < -0.39 is 0 Å². The lowest BCUT2D eigenvalue weighted by atomic mass is 10.1. The fourth-order valence-corrected chi connectivity index (χ4v) is 2.89. The van der Waals surface area contributed by atoms with Crippen molar-refractivity contribution in [2.45, 2.75) is 19.8 Å². The van der Waals surface area contributed by atoms with Crippen molar-refractivity contribution < 1.29 is 0 Å². The molecule has 2 aromatic carbocycles. The van der Waals surface area contributed by atoms with Crippen LogP contribution in [0.25, 0.3) is 22.5 Å². The highest BCUT2D eigenvalue weighted by atomic mass is 15.4. The van der Waals surface area contributed by atoms with Crippen molar-refractivity contribution in [2.24, 2.45) is 5.10 Å².